The zero-order chi connectivity index (χ0) is 16.8. The average Bonchev–Trinajstić information content (AvgIpc) is 2.88. The van der Waals surface area contributed by atoms with Gasteiger partial charge in [-0.05, 0) is 36.6 Å². The minimum absolute atomic E-state index is 0.221. The molecular formula is C19H25N3OS. The molecule has 1 aliphatic heterocycles. The molecule has 24 heavy (non-hydrogen) atoms. The number of likely N-dealkylation sites (tertiary alicyclic amines) is 1. The molecule has 1 saturated heterocycles. The lowest BCUT2D eigenvalue weighted by Crippen LogP contribution is -2.36. The van der Waals surface area contributed by atoms with Gasteiger partial charge in [0, 0.05) is 43.6 Å². The van der Waals surface area contributed by atoms with Crippen molar-refractivity contribution in [2.75, 3.05) is 12.3 Å². The van der Waals surface area contributed by atoms with E-state index in [1.54, 1.807) is 18.0 Å². The fraction of sp³-hybridized carbons (Fsp3) is 0.474. The van der Waals surface area contributed by atoms with Gasteiger partial charge in [0.1, 0.15) is 0 Å². The SMILES string of the molecule is Cn1cccc1[C@H]1CCCCCN1C(=O)CSCc1cccnc1. The molecule has 0 saturated carbocycles. The molecule has 0 bridgehead atoms. The van der Waals surface area contributed by atoms with Crippen molar-refractivity contribution in [2.45, 2.75) is 37.5 Å². The third kappa shape index (κ3) is 4.20. The fourth-order valence-electron chi connectivity index (χ4n) is 3.36. The lowest BCUT2D eigenvalue weighted by atomic mass is 10.1. The van der Waals surface area contributed by atoms with E-state index < -0.39 is 0 Å². The largest absolute Gasteiger partial charge is 0.353 e. The molecule has 2 aromatic rings. The number of rotatable bonds is 5. The second kappa shape index (κ2) is 8.38. The number of carbonyl (C=O) groups is 1. The van der Waals surface area contributed by atoms with Crippen LogP contribution in [0.4, 0.5) is 0 Å². The van der Waals surface area contributed by atoms with Crippen LogP contribution in [0.2, 0.25) is 0 Å². The number of aryl methyl sites for hydroxylation is 1. The Morgan fingerprint density at radius 2 is 2.21 bits per heavy atom. The van der Waals surface area contributed by atoms with Crippen LogP contribution in [0.15, 0.2) is 42.9 Å². The molecule has 1 fully saturated rings. The average molecular weight is 343 g/mol. The van der Waals surface area contributed by atoms with Gasteiger partial charge in [0.15, 0.2) is 0 Å². The maximum absolute atomic E-state index is 12.8. The fourth-order valence-corrected chi connectivity index (χ4v) is 4.21. The van der Waals surface area contributed by atoms with Gasteiger partial charge >= 0.3 is 0 Å². The van der Waals surface area contributed by atoms with Crippen LogP contribution in [-0.2, 0) is 17.6 Å². The Morgan fingerprint density at radius 3 is 2.96 bits per heavy atom. The Labute approximate surface area is 148 Å². The standard InChI is InChI=1S/C19H25N3OS/c1-21-11-6-9-17(21)18-8-3-2-4-12-22(18)19(23)15-24-14-16-7-5-10-20-13-16/h5-7,9-11,13,18H,2-4,8,12,14-15H2,1H3/t18-/m1/s1. The third-order valence-electron chi connectivity index (χ3n) is 4.62. The van der Waals surface area contributed by atoms with Gasteiger partial charge in [-0.3, -0.25) is 9.78 Å². The summed E-state index contributed by atoms with van der Waals surface area (Å²) in [7, 11) is 2.07. The van der Waals surface area contributed by atoms with E-state index in [2.05, 4.69) is 45.9 Å². The lowest BCUT2D eigenvalue weighted by molar-refractivity contribution is -0.130. The van der Waals surface area contributed by atoms with Crippen LogP contribution >= 0.6 is 11.8 Å². The first-order valence-corrected chi connectivity index (χ1v) is 9.78. The number of pyridine rings is 1. The first-order valence-electron chi connectivity index (χ1n) is 8.63. The Hall–Kier alpha value is -1.75. The molecule has 1 atom stereocenters. The van der Waals surface area contributed by atoms with Crippen LogP contribution in [0.3, 0.4) is 0 Å². The van der Waals surface area contributed by atoms with Crippen LogP contribution in [-0.4, -0.2) is 32.7 Å². The molecule has 1 aliphatic rings. The first kappa shape index (κ1) is 17.1. The molecule has 2 aromatic heterocycles. The summed E-state index contributed by atoms with van der Waals surface area (Å²) >= 11 is 1.68. The van der Waals surface area contributed by atoms with Gasteiger partial charge in [-0.1, -0.05) is 18.9 Å². The maximum Gasteiger partial charge on any atom is 0.233 e. The molecule has 3 rings (SSSR count). The first-order chi connectivity index (χ1) is 11.8. The van der Waals surface area contributed by atoms with Gasteiger partial charge in [0.2, 0.25) is 5.91 Å². The van der Waals surface area contributed by atoms with Crippen molar-refractivity contribution < 1.29 is 4.79 Å². The zero-order valence-electron chi connectivity index (χ0n) is 14.2. The number of nitrogens with zero attached hydrogens (tertiary/aromatic N) is 3. The van der Waals surface area contributed by atoms with Crippen LogP contribution in [0.5, 0.6) is 0 Å². The van der Waals surface area contributed by atoms with Gasteiger partial charge in [-0.15, -0.1) is 11.8 Å². The van der Waals surface area contributed by atoms with Gasteiger partial charge in [-0.2, -0.15) is 0 Å². The smallest absolute Gasteiger partial charge is 0.233 e. The van der Waals surface area contributed by atoms with E-state index in [-0.39, 0.29) is 11.9 Å². The summed E-state index contributed by atoms with van der Waals surface area (Å²) in [6.07, 6.45) is 10.3. The Morgan fingerprint density at radius 1 is 1.29 bits per heavy atom. The summed E-state index contributed by atoms with van der Waals surface area (Å²) in [4.78, 5) is 19.1. The van der Waals surface area contributed by atoms with E-state index in [1.165, 1.54) is 24.1 Å². The van der Waals surface area contributed by atoms with Crippen molar-refractivity contribution in [2.24, 2.45) is 7.05 Å². The highest BCUT2D eigenvalue weighted by molar-refractivity contribution is 7.99. The van der Waals surface area contributed by atoms with E-state index >= 15 is 0 Å². The molecule has 0 aliphatic carbocycles. The molecule has 4 nitrogen and oxygen atoms in total. The van der Waals surface area contributed by atoms with Gasteiger partial charge in [0.25, 0.3) is 0 Å². The number of carbonyl (C=O) groups excluding carboxylic acids is 1. The molecule has 0 N–H and O–H groups in total. The second-order valence-electron chi connectivity index (χ2n) is 6.35. The third-order valence-corrected chi connectivity index (χ3v) is 5.60. The van der Waals surface area contributed by atoms with E-state index in [0.717, 1.165) is 25.1 Å². The Balaban J connectivity index is 1.63. The molecule has 0 unspecified atom stereocenters. The van der Waals surface area contributed by atoms with E-state index in [9.17, 15) is 4.79 Å². The minimum atomic E-state index is 0.221. The number of hydrogen-bond acceptors (Lipinski definition) is 3. The van der Waals surface area contributed by atoms with E-state index in [4.69, 9.17) is 0 Å². The summed E-state index contributed by atoms with van der Waals surface area (Å²) < 4.78 is 2.15. The highest BCUT2D eigenvalue weighted by Gasteiger charge is 2.27. The molecule has 0 spiro atoms. The van der Waals surface area contributed by atoms with Crippen molar-refractivity contribution in [1.29, 1.82) is 0 Å². The second-order valence-corrected chi connectivity index (χ2v) is 7.34. The van der Waals surface area contributed by atoms with Crippen LogP contribution in [0.25, 0.3) is 0 Å². The normalized spacial score (nSPS) is 18.4. The molecule has 0 radical (unpaired) electrons. The molecule has 0 aromatic carbocycles. The predicted octanol–water partition coefficient (Wildman–Crippen LogP) is 3.80. The monoisotopic (exact) mass is 343 g/mol. The van der Waals surface area contributed by atoms with E-state index in [0.29, 0.717) is 5.75 Å². The minimum Gasteiger partial charge on any atom is -0.353 e. The van der Waals surface area contributed by atoms with Crippen molar-refractivity contribution in [1.82, 2.24) is 14.5 Å². The number of thioether (sulfide) groups is 1. The topological polar surface area (TPSA) is 38.1 Å². The molecular weight excluding hydrogens is 318 g/mol. The molecule has 5 heteroatoms. The van der Waals surface area contributed by atoms with Crippen LogP contribution < -0.4 is 0 Å². The highest BCUT2D eigenvalue weighted by atomic mass is 32.2. The molecule has 1 amide bonds. The number of hydrogen-bond donors (Lipinski definition) is 0. The van der Waals surface area contributed by atoms with Crippen molar-refractivity contribution in [3.63, 3.8) is 0 Å². The molecule has 128 valence electrons. The predicted molar refractivity (Wildman–Crippen MR) is 98.7 cm³/mol. The number of amides is 1. The highest BCUT2D eigenvalue weighted by Crippen LogP contribution is 2.30. The van der Waals surface area contributed by atoms with Crippen molar-refractivity contribution in [3.8, 4) is 0 Å². The van der Waals surface area contributed by atoms with Crippen LogP contribution in [0, 0.1) is 0 Å². The summed E-state index contributed by atoms with van der Waals surface area (Å²) in [5.41, 5.74) is 2.42. The summed E-state index contributed by atoms with van der Waals surface area (Å²) in [5, 5.41) is 0. The maximum atomic E-state index is 12.8. The number of aromatic nitrogens is 2. The Bertz CT molecular complexity index is 656. The quantitative estimate of drug-likeness (QED) is 0.829. The van der Waals surface area contributed by atoms with Crippen LogP contribution in [0.1, 0.15) is 43.0 Å². The summed E-state index contributed by atoms with van der Waals surface area (Å²) in [6.45, 7) is 0.877. The summed E-state index contributed by atoms with van der Waals surface area (Å²) in [5.74, 6) is 1.63. The molecule has 3 heterocycles. The van der Waals surface area contributed by atoms with Gasteiger partial charge < -0.3 is 9.47 Å². The van der Waals surface area contributed by atoms with Gasteiger partial charge in [0.05, 0.1) is 11.8 Å². The van der Waals surface area contributed by atoms with Gasteiger partial charge in [-0.25, -0.2) is 0 Å². The lowest BCUT2D eigenvalue weighted by Gasteiger charge is -2.30. The summed E-state index contributed by atoms with van der Waals surface area (Å²) in [6, 6.07) is 8.44. The Kier molecular flexibility index (Phi) is 5.96. The zero-order valence-corrected chi connectivity index (χ0v) is 15.0. The van der Waals surface area contributed by atoms with Crippen molar-refractivity contribution >= 4 is 17.7 Å². The van der Waals surface area contributed by atoms with E-state index in [1.807, 2.05) is 12.3 Å². The van der Waals surface area contributed by atoms with Crippen molar-refractivity contribution in [3.05, 3.63) is 54.1 Å².